The lowest BCUT2D eigenvalue weighted by atomic mass is 10.0. The monoisotopic (exact) mass is 518 g/mol. The van der Waals surface area contributed by atoms with Gasteiger partial charge in [-0.15, -0.1) is 0 Å². The molecule has 0 saturated heterocycles. The summed E-state index contributed by atoms with van der Waals surface area (Å²) in [5.41, 5.74) is 3.98. The first kappa shape index (κ1) is 22.3. The number of nitrogens with zero attached hydrogens (tertiary/aromatic N) is 2. The molecule has 8 aromatic rings. The van der Waals surface area contributed by atoms with Gasteiger partial charge in [-0.3, -0.25) is 4.40 Å². The molecule has 0 amide bonds. The number of aromatic nitrogens is 2. The van der Waals surface area contributed by atoms with E-state index in [-0.39, 0.29) is 0 Å². The Bertz CT molecular complexity index is 2210. The highest BCUT2D eigenvalue weighted by molar-refractivity contribution is 7.85. The fourth-order valence-corrected chi connectivity index (χ4v) is 9.00. The van der Waals surface area contributed by atoms with Crippen LogP contribution < -0.4 is 15.9 Å². The van der Waals surface area contributed by atoms with Gasteiger partial charge in [-0.05, 0) is 17.5 Å². The molecule has 184 valence electrons. The molecule has 0 bridgehead atoms. The number of benzene rings is 6. The van der Waals surface area contributed by atoms with Crippen LogP contribution in [0.15, 0.2) is 140 Å². The highest BCUT2D eigenvalue weighted by Gasteiger charge is 2.32. The third-order valence-electron chi connectivity index (χ3n) is 7.82. The van der Waals surface area contributed by atoms with Gasteiger partial charge in [0.05, 0.1) is 16.6 Å². The van der Waals surface area contributed by atoms with Crippen molar-refractivity contribution in [1.82, 2.24) is 9.38 Å². The van der Waals surface area contributed by atoms with E-state index in [1.165, 1.54) is 0 Å². The Balaban J connectivity index is 1.66. The normalized spacial score (nSPS) is 12.2. The summed E-state index contributed by atoms with van der Waals surface area (Å²) >= 11 is 0. The first-order valence-electron chi connectivity index (χ1n) is 13.1. The van der Waals surface area contributed by atoms with Crippen LogP contribution in [0.2, 0.25) is 0 Å². The second-order valence-corrected chi connectivity index (χ2v) is 12.7. The smallest absolute Gasteiger partial charge is 0.171 e. The molecule has 2 aromatic heterocycles. The summed E-state index contributed by atoms with van der Waals surface area (Å²) in [5.74, 6) is 0. The van der Waals surface area contributed by atoms with Crippen molar-refractivity contribution in [3.05, 3.63) is 140 Å². The number of rotatable bonds is 3. The minimum Gasteiger partial charge on any atom is -0.309 e. The van der Waals surface area contributed by atoms with E-state index in [1.807, 2.05) is 72.8 Å². The average molecular weight is 519 g/mol. The summed E-state index contributed by atoms with van der Waals surface area (Å²) in [4.78, 5) is 5.14. The maximum Gasteiger partial charge on any atom is 0.171 e. The van der Waals surface area contributed by atoms with E-state index in [0.717, 1.165) is 65.0 Å². The molecule has 3 nitrogen and oxygen atoms in total. The van der Waals surface area contributed by atoms with E-state index in [2.05, 4.69) is 71.1 Å². The van der Waals surface area contributed by atoms with Gasteiger partial charge in [-0.25, -0.2) is 4.98 Å². The molecule has 0 spiro atoms. The van der Waals surface area contributed by atoms with Gasteiger partial charge in [-0.1, -0.05) is 127 Å². The summed E-state index contributed by atoms with van der Waals surface area (Å²) < 4.78 is 17.9. The Labute approximate surface area is 225 Å². The van der Waals surface area contributed by atoms with Crippen LogP contribution in [-0.2, 0) is 4.57 Å². The van der Waals surface area contributed by atoms with Crippen LogP contribution in [0.1, 0.15) is 0 Å². The molecule has 0 aliphatic heterocycles. The van der Waals surface area contributed by atoms with Gasteiger partial charge in [0.2, 0.25) is 0 Å². The van der Waals surface area contributed by atoms with Crippen LogP contribution in [-0.4, -0.2) is 9.38 Å². The average Bonchev–Trinajstić information content (AvgIpc) is 3.41. The Morgan fingerprint density at radius 1 is 0.538 bits per heavy atom. The van der Waals surface area contributed by atoms with Gasteiger partial charge < -0.3 is 4.57 Å². The van der Waals surface area contributed by atoms with Gasteiger partial charge in [0, 0.05) is 37.5 Å². The predicted octanol–water partition coefficient (Wildman–Crippen LogP) is 7.59. The van der Waals surface area contributed by atoms with Gasteiger partial charge >= 0.3 is 0 Å². The Morgan fingerprint density at radius 2 is 1.18 bits per heavy atom. The number of imidazole rings is 1. The van der Waals surface area contributed by atoms with Gasteiger partial charge in [0.1, 0.15) is 5.65 Å². The fourth-order valence-electron chi connectivity index (χ4n) is 6.11. The predicted molar refractivity (Wildman–Crippen MR) is 165 cm³/mol. The zero-order chi connectivity index (χ0) is 26.0. The first-order valence-corrected chi connectivity index (χ1v) is 14.8. The van der Waals surface area contributed by atoms with Crippen molar-refractivity contribution in [3.8, 4) is 0 Å². The van der Waals surface area contributed by atoms with E-state index in [1.54, 1.807) is 0 Å². The number of hydrogen-bond donors (Lipinski definition) is 0. The maximum absolute atomic E-state index is 15.6. The van der Waals surface area contributed by atoms with E-state index in [9.17, 15) is 0 Å². The summed E-state index contributed by atoms with van der Waals surface area (Å²) in [5, 5.41) is 7.87. The van der Waals surface area contributed by atoms with E-state index >= 15 is 4.57 Å². The van der Waals surface area contributed by atoms with Crippen molar-refractivity contribution >= 4 is 72.2 Å². The molecule has 0 unspecified atom stereocenters. The van der Waals surface area contributed by atoms with E-state index in [0.29, 0.717) is 0 Å². The molecule has 2 heterocycles. The molecule has 0 N–H and O–H groups in total. The highest BCUT2D eigenvalue weighted by atomic mass is 31.2. The molecular formula is C35H23N2OP. The Kier molecular flexibility index (Phi) is 4.79. The van der Waals surface area contributed by atoms with Crippen molar-refractivity contribution in [1.29, 1.82) is 0 Å². The van der Waals surface area contributed by atoms with Gasteiger partial charge in [0.15, 0.2) is 7.14 Å². The highest BCUT2D eigenvalue weighted by Crippen LogP contribution is 2.46. The zero-order valence-corrected chi connectivity index (χ0v) is 21.9. The third kappa shape index (κ3) is 3.11. The fraction of sp³-hybridized carbons (Fsp3) is 0. The summed E-state index contributed by atoms with van der Waals surface area (Å²) in [6.45, 7) is 0. The van der Waals surface area contributed by atoms with Gasteiger partial charge in [0.25, 0.3) is 0 Å². The Morgan fingerprint density at radius 3 is 1.95 bits per heavy atom. The molecule has 0 aliphatic rings. The molecule has 4 heteroatoms. The minimum atomic E-state index is -3.24. The number of hydrogen-bond acceptors (Lipinski definition) is 2. The van der Waals surface area contributed by atoms with Crippen LogP contribution in [0.5, 0.6) is 0 Å². The van der Waals surface area contributed by atoms with Crippen molar-refractivity contribution < 1.29 is 4.57 Å². The summed E-state index contributed by atoms with van der Waals surface area (Å²) in [7, 11) is -3.24. The molecule has 0 radical (unpaired) electrons. The molecule has 0 fully saturated rings. The number of pyridine rings is 1. The van der Waals surface area contributed by atoms with Crippen LogP contribution in [0, 0.1) is 0 Å². The molecule has 39 heavy (non-hydrogen) atoms. The molecule has 8 rings (SSSR count). The van der Waals surface area contributed by atoms with E-state index < -0.39 is 7.14 Å². The first-order chi connectivity index (χ1) is 19.2. The third-order valence-corrected chi connectivity index (χ3v) is 10.9. The topological polar surface area (TPSA) is 34.4 Å². The van der Waals surface area contributed by atoms with Crippen molar-refractivity contribution in [2.24, 2.45) is 0 Å². The SMILES string of the molecule is O=P(c1ccccc1)(c1ccccc1)c1cccc2c1c1ccc3ccccc3c1n1c3ccccc3nc21. The maximum atomic E-state index is 15.6. The lowest BCUT2D eigenvalue weighted by Crippen LogP contribution is -2.25. The minimum absolute atomic E-state index is 0.825. The number of para-hydroxylation sites is 2. The second kappa shape index (κ2) is 8.39. The van der Waals surface area contributed by atoms with Crippen LogP contribution in [0.25, 0.3) is 49.1 Å². The molecule has 0 atom stereocenters. The molecule has 6 aromatic carbocycles. The molecular weight excluding hydrogens is 495 g/mol. The van der Waals surface area contributed by atoms with E-state index in [4.69, 9.17) is 4.98 Å². The standard InChI is InChI=1S/C35H23N2OP/c38-39(25-13-3-1-4-14-25,26-15-5-2-6-16-26)32-21-11-18-29-33(32)28-23-22-24-12-7-8-17-27(24)34(28)37-31-20-10-9-19-30(31)36-35(29)37/h1-23H. The molecule has 0 saturated carbocycles. The largest absolute Gasteiger partial charge is 0.309 e. The van der Waals surface area contributed by atoms with Crippen LogP contribution in [0.4, 0.5) is 0 Å². The molecule has 0 aliphatic carbocycles. The van der Waals surface area contributed by atoms with Crippen molar-refractivity contribution in [2.45, 2.75) is 0 Å². The zero-order valence-electron chi connectivity index (χ0n) is 21.0. The van der Waals surface area contributed by atoms with Gasteiger partial charge in [-0.2, -0.15) is 0 Å². The second-order valence-electron chi connectivity index (χ2n) is 9.92. The lowest BCUT2D eigenvalue weighted by molar-refractivity contribution is 0.592. The van der Waals surface area contributed by atoms with Crippen molar-refractivity contribution in [2.75, 3.05) is 0 Å². The van der Waals surface area contributed by atoms with Crippen molar-refractivity contribution in [3.63, 3.8) is 0 Å². The Hall–Kier alpha value is -4.72. The summed E-state index contributed by atoms with van der Waals surface area (Å²) in [6, 6.07) is 47.2. The quantitative estimate of drug-likeness (QED) is 0.178. The van der Waals surface area contributed by atoms with Crippen LogP contribution >= 0.6 is 7.14 Å². The number of fused-ring (bicyclic) bond motifs is 10. The van der Waals surface area contributed by atoms with Crippen LogP contribution in [0.3, 0.4) is 0 Å². The summed E-state index contributed by atoms with van der Waals surface area (Å²) in [6.07, 6.45) is 0. The lowest BCUT2D eigenvalue weighted by Gasteiger charge is -2.23.